The van der Waals surface area contributed by atoms with E-state index in [0.29, 0.717) is 12.2 Å². The van der Waals surface area contributed by atoms with E-state index >= 15 is 0 Å². The second-order valence-electron chi connectivity index (χ2n) is 4.86. The fraction of sp³-hybridized carbons (Fsp3) is 0.800. The predicted molar refractivity (Wildman–Crippen MR) is 52.7 cm³/mol. The Bertz CT molecular complexity index is 307. The molecule has 1 unspecified atom stereocenters. The Hall–Kier alpha value is -0.900. The summed E-state index contributed by atoms with van der Waals surface area (Å²) in [6, 6.07) is 0. The summed E-state index contributed by atoms with van der Waals surface area (Å²) in [6.07, 6.45) is 5.14. The maximum atomic E-state index is 10.5. The number of hydrogen-bond acceptors (Lipinski definition) is 3. The first-order valence-electron chi connectivity index (χ1n) is 5.11. The number of nitrogens with one attached hydrogen (secondary N) is 1. The quantitative estimate of drug-likeness (QED) is 0.747. The summed E-state index contributed by atoms with van der Waals surface area (Å²) in [7, 11) is 0. The van der Waals surface area contributed by atoms with Crippen LogP contribution in [0.1, 0.15) is 38.9 Å². The average molecular weight is 195 g/mol. The number of rotatable bonds is 2. The summed E-state index contributed by atoms with van der Waals surface area (Å²) in [5, 5.41) is 17.2. The Kier molecular flexibility index (Phi) is 2.10. The minimum absolute atomic E-state index is 0.0202. The van der Waals surface area contributed by atoms with Crippen LogP contribution < -0.4 is 0 Å². The largest absolute Gasteiger partial charge is 0.389 e. The van der Waals surface area contributed by atoms with Crippen molar-refractivity contribution >= 4 is 0 Å². The Balaban J connectivity index is 2.17. The third kappa shape index (κ3) is 1.43. The molecule has 1 aliphatic carbocycles. The molecule has 14 heavy (non-hydrogen) atoms. The summed E-state index contributed by atoms with van der Waals surface area (Å²) >= 11 is 0. The van der Waals surface area contributed by atoms with Crippen LogP contribution in [0, 0.1) is 5.41 Å². The van der Waals surface area contributed by atoms with Crippen LogP contribution in [-0.2, 0) is 6.42 Å². The van der Waals surface area contributed by atoms with E-state index in [1.807, 2.05) is 0 Å². The molecule has 0 spiro atoms. The van der Waals surface area contributed by atoms with Gasteiger partial charge < -0.3 is 5.11 Å². The molecule has 2 N–H and O–H groups in total. The van der Waals surface area contributed by atoms with Crippen molar-refractivity contribution < 1.29 is 5.11 Å². The lowest BCUT2D eigenvalue weighted by Crippen LogP contribution is -2.42. The van der Waals surface area contributed by atoms with Gasteiger partial charge in [-0.3, -0.25) is 5.10 Å². The Morgan fingerprint density at radius 1 is 1.50 bits per heavy atom. The molecule has 78 valence electrons. The van der Waals surface area contributed by atoms with Gasteiger partial charge in [0.1, 0.15) is 6.33 Å². The van der Waals surface area contributed by atoms with Crippen LogP contribution in [0.2, 0.25) is 0 Å². The van der Waals surface area contributed by atoms with Gasteiger partial charge in [0, 0.05) is 6.42 Å². The third-order valence-electron chi connectivity index (χ3n) is 3.57. The highest BCUT2D eigenvalue weighted by Gasteiger charge is 2.47. The lowest BCUT2D eigenvalue weighted by molar-refractivity contribution is -0.0433. The van der Waals surface area contributed by atoms with E-state index in [4.69, 9.17) is 0 Å². The fourth-order valence-electron chi connectivity index (χ4n) is 2.30. The molecular formula is C10H17N3O. The predicted octanol–water partition coefficient (Wildman–Crippen LogP) is 1.29. The highest BCUT2D eigenvalue weighted by Crippen LogP contribution is 2.47. The molecular weight excluding hydrogens is 178 g/mol. The number of aromatic nitrogens is 3. The molecule has 1 aromatic rings. The molecule has 1 aromatic heterocycles. The number of H-pyrrole nitrogens is 1. The minimum Gasteiger partial charge on any atom is -0.389 e. The summed E-state index contributed by atoms with van der Waals surface area (Å²) in [5.74, 6) is 0.711. The van der Waals surface area contributed by atoms with Gasteiger partial charge in [0.2, 0.25) is 0 Å². The van der Waals surface area contributed by atoms with Crippen LogP contribution in [-0.4, -0.2) is 25.9 Å². The highest BCUT2D eigenvalue weighted by molar-refractivity contribution is 5.04. The smallest absolute Gasteiger partial charge is 0.153 e. The van der Waals surface area contributed by atoms with Crippen molar-refractivity contribution in [3.8, 4) is 0 Å². The second-order valence-corrected chi connectivity index (χ2v) is 4.86. The molecule has 0 saturated heterocycles. The van der Waals surface area contributed by atoms with Crippen molar-refractivity contribution in [2.24, 2.45) is 5.41 Å². The molecule has 1 aliphatic rings. The van der Waals surface area contributed by atoms with Gasteiger partial charge >= 0.3 is 0 Å². The molecule has 4 heteroatoms. The zero-order chi connectivity index (χ0) is 10.2. The second kappa shape index (κ2) is 3.05. The van der Waals surface area contributed by atoms with Crippen molar-refractivity contribution in [2.45, 2.75) is 45.1 Å². The highest BCUT2D eigenvalue weighted by atomic mass is 16.3. The summed E-state index contributed by atoms with van der Waals surface area (Å²) in [4.78, 5) is 4.06. The number of aromatic amines is 1. The van der Waals surface area contributed by atoms with E-state index in [2.05, 4.69) is 29.0 Å². The van der Waals surface area contributed by atoms with Crippen LogP contribution in [0.5, 0.6) is 0 Å². The molecule has 0 aromatic carbocycles. The minimum atomic E-state index is -0.630. The van der Waals surface area contributed by atoms with Gasteiger partial charge in [-0.2, -0.15) is 5.10 Å². The van der Waals surface area contributed by atoms with Gasteiger partial charge in [0.15, 0.2) is 5.82 Å². The van der Waals surface area contributed by atoms with Crippen LogP contribution in [0.25, 0.3) is 0 Å². The third-order valence-corrected chi connectivity index (χ3v) is 3.57. The first-order chi connectivity index (χ1) is 6.54. The zero-order valence-corrected chi connectivity index (χ0v) is 8.75. The first-order valence-corrected chi connectivity index (χ1v) is 5.11. The standard InChI is InChI=1S/C10H17N3O/c1-9(2)4-3-5-10(9,14)6-8-11-7-12-13-8/h7,14H,3-6H2,1-2H3,(H,11,12,13). The Morgan fingerprint density at radius 2 is 2.29 bits per heavy atom. The van der Waals surface area contributed by atoms with Gasteiger partial charge in [0.25, 0.3) is 0 Å². The van der Waals surface area contributed by atoms with E-state index in [1.165, 1.54) is 0 Å². The Morgan fingerprint density at radius 3 is 2.79 bits per heavy atom. The molecule has 0 bridgehead atoms. The van der Waals surface area contributed by atoms with E-state index in [-0.39, 0.29) is 5.41 Å². The topological polar surface area (TPSA) is 61.8 Å². The number of aliphatic hydroxyl groups is 1. The fourth-order valence-corrected chi connectivity index (χ4v) is 2.30. The van der Waals surface area contributed by atoms with Crippen molar-refractivity contribution in [3.05, 3.63) is 12.2 Å². The molecule has 1 fully saturated rings. The number of nitrogens with zero attached hydrogens (tertiary/aromatic N) is 2. The maximum Gasteiger partial charge on any atom is 0.153 e. The number of hydrogen-bond donors (Lipinski definition) is 2. The van der Waals surface area contributed by atoms with Gasteiger partial charge in [-0.1, -0.05) is 13.8 Å². The molecule has 1 atom stereocenters. The van der Waals surface area contributed by atoms with E-state index in [0.717, 1.165) is 19.3 Å². The lowest BCUT2D eigenvalue weighted by atomic mass is 9.76. The van der Waals surface area contributed by atoms with Crippen LogP contribution >= 0.6 is 0 Å². The first kappa shape index (κ1) is 9.65. The molecule has 1 heterocycles. The molecule has 4 nitrogen and oxygen atoms in total. The van der Waals surface area contributed by atoms with Crippen molar-refractivity contribution in [1.29, 1.82) is 0 Å². The summed E-state index contributed by atoms with van der Waals surface area (Å²) < 4.78 is 0. The van der Waals surface area contributed by atoms with Crippen molar-refractivity contribution in [2.75, 3.05) is 0 Å². The maximum absolute atomic E-state index is 10.5. The van der Waals surface area contributed by atoms with Crippen LogP contribution in [0.3, 0.4) is 0 Å². The normalized spacial score (nSPS) is 30.8. The van der Waals surface area contributed by atoms with Crippen molar-refractivity contribution in [1.82, 2.24) is 15.2 Å². The van der Waals surface area contributed by atoms with Gasteiger partial charge in [-0.15, -0.1) is 0 Å². The molecule has 0 aliphatic heterocycles. The SMILES string of the molecule is CC1(C)CCCC1(O)Cc1nc[nH]n1. The monoisotopic (exact) mass is 195 g/mol. The molecule has 0 amide bonds. The van der Waals surface area contributed by atoms with Gasteiger partial charge in [0.05, 0.1) is 5.60 Å². The van der Waals surface area contributed by atoms with E-state index in [1.54, 1.807) is 6.33 Å². The summed E-state index contributed by atoms with van der Waals surface area (Å²) in [6.45, 7) is 4.24. The van der Waals surface area contributed by atoms with Crippen LogP contribution in [0.15, 0.2) is 6.33 Å². The van der Waals surface area contributed by atoms with E-state index < -0.39 is 5.60 Å². The van der Waals surface area contributed by atoms with Crippen molar-refractivity contribution in [3.63, 3.8) is 0 Å². The van der Waals surface area contributed by atoms with Gasteiger partial charge in [-0.05, 0) is 24.7 Å². The lowest BCUT2D eigenvalue weighted by Gasteiger charge is -2.35. The van der Waals surface area contributed by atoms with Gasteiger partial charge in [-0.25, -0.2) is 4.98 Å². The average Bonchev–Trinajstić information content (AvgIpc) is 2.63. The summed E-state index contributed by atoms with van der Waals surface area (Å²) in [5.41, 5.74) is -0.650. The molecule has 0 radical (unpaired) electrons. The zero-order valence-electron chi connectivity index (χ0n) is 8.75. The van der Waals surface area contributed by atoms with E-state index in [9.17, 15) is 5.11 Å². The molecule has 2 rings (SSSR count). The van der Waals surface area contributed by atoms with Crippen LogP contribution in [0.4, 0.5) is 0 Å². The Labute approximate surface area is 83.8 Å². The molecule has 1 saturated carbocycles.